The Morgan fingerprint density at radius 3 is 3.11 bits per heavy atom. The van der Waals surface area contributed by atoms with Gasteiger partial charge in [0.1, 0.15) is 5.69 Å². The smallest absolute Gasteiger partial charge is 0.267 e. The highest BCUT2D eigenvalue weighted by Gasteiger charge is 2.17. The zero-order valence-electron chi connectivity index (χ0n) is 11.4. The van der Waals surface area contributed by atoms with Crippen LogP contribution in [0.3, 0.4) is 0 Å². The number of nitrogens with zero attached hydrogens (tertiary/aromatic N) is 1. The zero-order chi connectivity index (χ0) is 13.7. The van der Waals surface area contributed by atoms with Gasteiger partial charge in [-0.1, -0.05) is 6.42 Å². The number of carbonyl (C=O) groups is 1. The van der Waals surface area contributed by atoms with Crippen molar-refractivity contribution in [3.05, 3.63) is 22.4 Å². The highest BCUT2D eigenvalue weighted by molar-refractivity contribution is 9.10. The minimum absolute atomic E-state index is 0.0302. The molecule has 1 atom stereocenters. The molecule has 1 saturated heterocycles. The second-order valence-electron chi connectivity index (χ2n) is 5.22. The van der Waals surface area contributed by atoms with Crippen molar-refractivity contribution in [1.82, 2.24) is 15.2 Å². The van der Waals surface area contributed by atoms with Crippen LogP contribution in [0, 0.1) is 0 Å². The molecular weight excluding hydrogens is 306 g/mol. The van der Waals surface area contributed by atoms with E-state index in [-0.39, 0.29) is 5.91 Å². The molecule has 5 heteroatoms. The van der Waals surface area contributed by atoms with E-state index in [1.807, 2.05) is 0 Å². The van der Waals surface area contributed by atoms with Crippen LogP contribution >= 0.6 is 15.9 Å². The molecule has 1 aromatic rings. The third-order valence-electron chi connectivity index (χ3n) is 3.74. The molecule has 106 valence electrons. The maximum absolute atomic E-state index is 11.8. The van der Waals surface area contributed by atoms with E-state index in [4.69, 9.17) is 0 Å². The fourth-order valence-corrected chi connectivity index (χ4v) is 2.91. The van der Waals surface area contributed by atoms with E-state index in [1.165, 1.54) is 25.8 Å². The largest absolute Gasteiger partial charge is 0.356 e. The van der Waals surface area contributed by atoms with Gasteiger partial charge in [-0.05, 0) is 54.7 Å². The lowest BCUT2D eigenvalue weighted by atomic mass is 10.0. The Balaban J connectivity index is 1.65. The van der Waals surface area contributed by atoms with Crippen LogP contribution < -0.4 is 5.32 Å². The number of aromatic nitrogens is 1. The second kappa shape index (κ2) is 7.10. The van der Waals surface area contributed by atoms with Gasteiger partial charge in [0.2, 0.25) is 0 Å². The lowest BCUT2D eigenvalue weighted by Crippen LogP contribution is -2.39. The Labute approximate surface area is 123 Å². The van der Waals surface area contributed by atoms with E-state index in [9.17, 15) is 4.79 Å². The summed E-state index contributed by atoms with van der Waals surface area (Å²) in [6, 6.07) is 2.49. The van der Waals surface area contributed by atoms with Crippen molar-refractivity contribution >= 4 is 21.8 Å². The molecule has 2 heterocycles. The molecule has 0 spiro atoms. The molecule has 0 unspecified atom stereocenters. The molecule has 0 aromatic carbocycles. The summed E-state index contributed by atoms with van der Waals surface area (Å²) < 4.78 is 0.903. The average Bonchev–Trinajstić information content (AvgIpc) is 2.83. The monoisotopic (exact) mass is 327 g/mol. The van der Waals surface area contributed by atoms with Gasteiger partial charge in [-0.2, -0.15) is 0 Å². The molecule has 2 N–H and O–H groups in total. The summed E-state index contributed by atoms with van der Waals surface area (Å²) in [4.78, 5) is 17.3. The van der Waals surface area contributed by atoms with Crippen LogP contribution in [0.2, 0.25) is 0 Å². The van der Waals surface area contributed by atoms with Crippen LogP contribution in [0.25, 0.3) is 0 Å². The van der Waals surface area contributed by atoms with Crippen LogP contribution in [-0.4, -0.2) is 41.5 Å². The summed E-state index contributed by atoms with van der Waals surface area (Å²) >= 11 is 3.32. The Bertz CT molecular complexity index is 419. The first-order chi connectivity index (χ1) is 9.16. The van der Waals surface area contributed by atoms with Crippen molar-refractivity contribution < 1.29 is 4.79 Å². The topological polar surface area (TPSA) is 48.1 Å². The predicted octanol–water partition coefficient (Wildman–Crippen LogP) is 2.77. The summed E-state index contributed by atoms with van der Waals surface area (Å²) in [6.07, 6.45) is 6.76. The standard InChI is InChI=1S/C14H22BrN3O/c1-11-5-2-3-7-18(11)8-4-6-16-14(19)13-9-12(15)10-17-13/h9-11,17H,2-8H2,1H3,(H,16,19)/t11-/m1/s1. The van der Waals surface area contributed by atoms with Crippen molar-refractivity contribution in [3.63, 3.8) is 0 Å². The van der Waals surface area contributed by atoms with Crippen LogP contribution in [-0.2, 0) is 0 Å². The summed E-state index contributed by atoms with van der Waals surface area (Å²) in [5, 5.41) is 2.95. The van der Waals surface area contributed by atoms with Gasteiger partial charge in [0.15, 0.2) is 0 Å². The highest BCUT2D eigenvalue weighted by atomic mass is 79.9. The third kappa shape index (κ3) is 4.35. The molecule has 0 saturated carbocycles. The van der Waals surface area contributed by atoms with Crippen molar-refractivity contribution in [2.24, 2.45) is 0 Å². The minimum Gasteiger partial charge on any atom is -0.356 e. The maximum atomic E-state index is 11.8. The average molecular weight is 328 g/mol. The second-order valence-corrected chi connectivity index (χ2v) is 6.14. The number of halogens is 1. The van der Waals surface area contributed by atoms with E-state index < -0.39 is 0 Å². The minimum atomic E-state index is -0.0302. The summed E-state index contributed by atoms with van der Waals surface area (Å²) in [6.45, 7) is 5.32. The molecule has 0 radical (unpaired) electrons. The molecule has 0 aliphatic carbocycles. The van der Waals surface area contributed by atoms with Gasteiger partial charge in [-0.15, -0.1) is 0 Å². The highest BCUT2D eigenvalue weighted by Crippen LogP contribution is 2.16. The number of H-pyrrole nitrogens is 1. The molecule has 1 aliphatic rings. The molecule has 1 aromatic heterocycles. The van der Waals surface area contributed by atoms with Gasteiger partial charge in [0.25, 0.3) is 5.91 Å². The number of piperidine rings is 1. The lowest BCUT2D eigenvalue weighted by molar-refractivity contribution is 0.0944. The number of rotatable bonds is 5. The van der Waals surface area contributed by atoms with Gasteiger partial charge >= 0.3 is 0 Å². The van der Waals surface area contributed by atoms with Gasteiger partial charge in [-0.25, -0.2) is 0 Å². The fourth-order valence-electron chi connectivity index (χ4n) is 2.57. The van der Waals surface area contributed by atoms with Crippen molar-refractivity contribution in [2.45, 2.75) is 38.6 Å². The normalized spacial score (nSPS) is 20.4. The maximum Gasteiger partial charge on any atom is 0.267 e. The number of hydrogen-bond donors (Lipinski definition) is 2. The predicted molar refractivity (Wildman–Crippen MR) is 80.3 cm³/mol. The van der Waals surface area contributed by atoms with Gasteiger partial charge in [-0.3, -0.25) is 4.79 Å². The molecule has 1 amide bonds. The van der Waals surface area contributed by atoms with E-state index in [2.05, 4.69) is 38.1 Å². The van der Waals surface area contributed by atoms with E-state index in [1.54, 1.807) is 12.3 Å². The van der Waals surface area contributed by atoms with Crippen molar-refractivity contribution in [2.75, 3.05) is 19.6 Å². The Hall–Kier alpha value is -0.810. The van der Waals surface area contributed by atoms with Gasteiger partial charge < -0.3 is 15.2 Å². The third-order valence-corrected chi connectivity index (χ3v) is 4.20. The Morgan fingerprint density at radius 1 is 1.58 bits per heavy atom. The summed E-state index contributed by atoms with van der Waals surface area (Å²) in [5.41, 5.74) is 0.609. The zero-order valence-corrected chi connectivity index (χ0v) is 13.0. The first-order valence-electron chi connectivity index (χ1n) is 7.03. The van der Waals surface area contributed by atoms with Crippen LogP contribution in [0.4, 0.5) is 0 Å². The molecule has 0 bridgehead atoms. The first-order valence-corrected chi connectivity index (χ1v) is 7.82. The summed E-state index contributed by atoms with van der Waals surface area (Å²) in [5.74, 6) is -0.0302. The van der Waals surface area contributed by atoms with E-state index >= 15 is 0 Å². The van der Waals surface area contributed by atoms with Crippen LogP contribution in [0.5, 0.6) is 0 Å². The Kier molecular flexibility index (Phi) is 5.45. The molecule has 1 aliphatic heterocycles. The van der Waals surface area contributed by atoms with Gasteiger partial charge in [0.05, 0.1) is 0 Å². The molecule has 1 fully saturated rings. The number of likely N-dealkylation sites (tertiary alicyclic amines) is 1. The first kappa shape index (κ1) is 14.6. The molecule has 2 rings (SSSR count). The number of amides is 1. The van der Waals surface area contributed by atoms with Crippen molar-refractivity contribution in [1.29, 1.82) is 0 Å². The van der Waals surface area contributed by atoms with Gasteiger partial charge in [0, 0.05) is 29.8 Å². The number of hydrogen-bond acceptors (Lipinski definition) is 2. The summed E-state index contributed by atoms with van der Waals surface area (Å²) in [7, 11) is 0. The van der Waals surface area contributed by atoms with E-state index in [0.717, 1.165) is 24.0 Å². The molecular formula is C14H22BrN3O. The number of nitrogens with one attached hydrogen (secondary N) is 2. The lowest BCUT2D eigenvalue weighted by Gasteiger charge is -2.33. The Morgan fingerprint density at radius 2 is 2.42 bits per heavy atom. The molecule has 19 heavy (non-hydrogen) atoms. The molecule has 4 nitrogen and oxygen atoms in total. The van der Waals surface area contributed by atoms with Crippen LogP contribution in [0.15, 0.2) is 16.7 Å². The van der Waals surface area contributed by atoms with Crippen LogP contribution in [0.1, 0.15) is 43.1 Å². The van der Waals surface area contributed by atoms with E-state index in [0.29, 0.717) is 11.7 Å². The quantitative estimate of drug-likeness (QED) is 0.817. The fraction of sp³-hybridized carbons (Fsp3) is 0.643. The van der Waals surface area contributed by atoms with Crippen molar-refractivity contribution in [3.8, 4) is 0 Å². The number of aromatic amines is 1. The SMILES string of the molecule is C[C@@H]1CCCCN1CCCNC(=O)c1cc(Br)c[nH]1. The number of carbonyl (C=O) groups excluding carboxylic acids is 1.